The molecule has 0 saturated carbocycles. The summed E-state index contributed by atoms with van der Waals surface area (Å²) in [5.74, 6) is -0.696. The van der Waals surface area contributed by atoms with E-state index < -0.39 is 11.5 Å². The van der Waals surface area contributed by atoms with Gasteiger partial charge in [-0.2, -0.15) is 4.99 Å². The van der Waals surface area contributed by atoms with Gasteiger partial charge < -0.3 is 13.7 Å². The fourth-order valence-electron chi connectivity index (χ4n) is 3.77. The minimum atomic E-state index is -0.739. The highest BCUT2D eigenvalue weighted by atomic mass is 35.5. The Balaban J connectivity index is 1.71. The van der Waals surface area contributed by atoms with Gasteiger partial charge >= 0.3 is 5.63 Å². The normalized spacial score (nSPS) is 12.3. The van der Waals surface area contributed by atoms with Gasteiger partial charge in [0.25, 0.3) is 5.91 Å². The van der Waals surface area contributed by atoms with Crippen molar-refractivity contribution in [2.75, 3.05) is 13.7 Å². The van der Waals surface area contributed by atoms with E-state index in [0.717, 1.165) is 15.5 Å². The largest absolute Gasteiger partial charge is 0.422 e. The van der Waals surface area contributed by atoms with Crippen molar-refractivity contribution < 1.29 is 13.9 Å². The summed E-state index contributed by atoms with van der Waals surface area (Å²) in [4.78, 5) is 30.4. The predicted octanol–water partition coefficient (Wildman–Crippen LogP) is 5.66. The van der Waals surface area contributed by atoms with Crippen molar-refractivity contribution in [3.8, 4) is 0 Å². The second-order valence-corrected chi connectivity index (χ2v) is 9.18. The number of methoxy groups -OCH3 is 1. The number of carbonyl (C=O) groups is 1. The molecular weight excluding hydrogens is 483 g/mol. The summed E-state index contributed by atoms with van der Waals surface area (Å²) in [7, 11) is 1.58. The summed E-state index contributed by atoms with van der Waals surface area (Å²) in [5, 5.41) is 3.45. The third-order valence-corrected chi connectivity index (χ3v) is 6.82. The van der Waals surface area contributed by atoms with Gasteiger partial charge in [-0.25, -0.2) is 4.79 Å². The molecule has 0 aliphatic carbocycles. The van der Waals surface area contributed by atoms with Crippen molar-refractivity contribution in [3.05, 3.63) is 85.4 Å². The maximum Gasteiger partial charge on any atom is 0.349 e. The molecule has 0 spiro atoms. The van der Waals surface area contributed by atoms with E-state index in [0.29, 0.717) is 44.5 Å². The Kier molecular flexibility index (Phi) is 5.80. The van der Waals surface area contributed by atoms with E-state index in [9.17, 15) is 9.59 Å². The Morgan fingerprint density at radius 2 is 1.94 bits per heavy atom. The molecule has 0 bridgehead atoms. The fourth-order valence-corrected chi connectivity index (χ4v) is 5.61. The van der Waals surface area contributed by atoms with Crippen LogP contribution < -0.4 is 10.4 Å². The highest BCUT2D eigenvalue weighted by molar-refractivity contribution is 7.16. The second-order valence-electron chi connectivity index (χ2n) is 7.33. The molecule has 1 amide bonds. The number of hydrogen-bond donors (Lipinski definition) is 0. The Hall–Kier alpha value is -2.97. The van der Waals surface area contributed by atoms with Gasteiger partial charge in [0, 0.05) is 24.1 Å². The van der Waals surface area contributed by atoms with Gasteiger partial charge in [0.05, 0.1) is 21.8 Å². The molecule has 0 saturated heterocycles. The molecule has 0 fully saturated rings. The summed E-state index contributed by atoms with van der Waals surface area (Å²) in [6.07, 6.45) is 0. The summed E-state index contributed by atoms with van der Waals surface area (Å²) < 4.78 is 13.2. The highest BCUT2D eigenvalue weighted by Crippen LogP contribution is 2.30. The average molecular weight is 499 g/mol. The van der Waals surface area contributed by atoms with Crippen LogP contribution in [0, 0.1) is 0 Å². The maximum absolute atomic E-state index is 13.1. The number of aromatic nitrogens is 1. The molecule has 0 radical (unpaired) electrons. The molecular formula is C24H16Cl2N2O4S. The van der Waals surface area contributed by atoms with Gasteiger partial charge in [-0.15, -0.1) is 0 Å². The van der Waals surface area contributed by atoms with Crippen molar-refractivity contribution in [3.63, 3.8) is 0 Å². The lowest BCUT2D eigenvalue weighted by Gasteiger charge is -2.06. The van der Waals surface area contributed by atoms with E-state index in [1.807, 2.05) is 30.3 Å². The minimum Gasteiger partial charge on any atom is -0.422 e. The van der Waals surface area contributed by atoms with Gasteiger partial charge in [-0.1, -0.05) is 64.9 Å². The number of thiazole rings is 1. The molecule has 3 aromatic carbocycles. The molecule has 6 nitrogen and oxygen atoms in total. The molecule has 9 heteroatoms. The number of ether oxygens (including phenoxy) is 1. The van der Waals surface area contributed by atoms with E-state index >= 15 is 0 Å². The van der Waals surface area contributed by atoms with Crippen LogP contribution in [0.1, 0.15) is 10.4 Å². The Labute approximate surface area is 201 Å². The van der Waals surface area contributed by atoms with E-state index in [1.54, 1.807) is 35.9 Å². The van der Waals surface area contributed by atoms with Crippen molar-refractivity contribution in [1.82, 2.24) is 4.57 Å². The first-order valence-electron chi connectivity index (χ1n) is 9.98. The SMILES string of the molecule is COCCn1c(=NC(=O)c2cc3c(ccc4ccccc43)oc2=O)sc2cc(Cl)cc(Cl)c21. The number of amides is 1. The first kappa shape index (κ1) is 21.9. The van der Waals surface area contributed by atoms with Crippen molar-refractivity contribution in [2.45, 2.75) is 6.54 Å². The van der Waals surface area contributed by atoms with Gasteiger partial charge in [0.2, 0.25) is 0 Å². The average Bonchev–Trinajstić information content (AvgIpc) is 3.13. The van der Waals surface area contributed by atoms with Crippen molar-refractivity contribution >= 4 is 72.4 Å². The van der Waals surface area contributed by atoms with Crippen LogP contribution in [0.3, 0.4) is 0 Å². The van der Waals surface area contributed by atoms with Crippen LogP contribution in [-0.2, 0) is 11.3 Å². The molecule has 0 N–H and O–H groups in total. The summed E-state index contributed by atoms with van der Waals surface area (Å²) in [6.45, 7) is 0.803. The molecule has 5 rings (SSSR count). The van der Waals surface area contributed by atoms with Crippen LogP contribution in [0.15, 0.2) is 68.8 Å². The van der Waals surface area contributed by atoms with E-state index in [2.05, 4.69) is 4.99 Å². The van der Waals surface area contributed by atoms with E-state index in [1.165, 1.54) is 11.3 Å². The van der Waals surface area contributed by atoms with Crippen LogP contribution in [0.2, 0.25) is 10.0 Å². The molecule has 2 heterocycles. The Morgan fingerprint density at radius 1 is 1.12 bits per heavy atom. The lowest BCUT2D eigenvalue weighted by molar-refractivity contribution is 0.0994. The van der Waals surface area contributed by atoms with Crippen LogP contribution in [0.5, 0.6) is 0 Å². The Bertz CT molecular complexity index is 1680. The number of carbonyl (C=O) groups excluding carboxylic acids is 1. The van der Waals surface area contributed by atoms with Crippen LogP contribution >= 0.6 is 34.5 Å². The standard InChI is InChI=1S/C24H16Cl2N2O4S/c1-31-9-8-28-21-18(26)10-14(25)11-20(21)33-24(28)27-22(29)17-12-16-15-5-3-2-4-13(15)6-7-19(16)32-23(17)30/h2-7,10-12H,8-9H2,1H3. The Morgan fingerprint density at radius 3 is 2.76 bits per heavy atom. The second kappa shape index (κ2) is 8.76. The number of nitrogens with zero attached hydrogens (tertiary/aromatic N) is 2. The zero-order valence-electron chi connectivity index (χ0n) is 17.3. The molecule has 0 atom stereocenters. The number of hydrogen-bond acceptors (Lipinski definition) is 5. The first-order chi connectivity index (χ1) is 16.0. The number of benzene rings is 3. The number of rotatable bonds is 4. The molecule has 166 valence electrons. The predicted molar refractivity (Wildman–Crippen MR) is 132 cm³/mol. The summed E-state index contributed by atoms with van der Waals surface area (Å²) in [6, 6.07) is 16.2. The zero-order valence-corrected chi connectivity index (χ0v) is 19.6. The molecule has 0 unspecified atom stereocenters. The van der Waals surface area contributed by atoms with Crippen LogP contribution in [-0.4, -0.2) is 24.2 Å². The smallest absolute Gasteiger partial charge is 0.349 e. The first-order valence-corrected chi connectivity index (χ1v) is 11.6. The van der Waals surface area contributed by atoms with E-state index in [4.69, 9.17) is 32.4 Å². The lowest BCUT2D eigenvalue weighted by Crippen LogP contribution is -2.21. The topological polar surface area (TPSA) is 73.8 Å². The number of fused-ring (bicyclic) bond motifs is 4. The quantitative estimate of drug-likeness (QED) is 0.236. The molecule has 33 heavy (non-hydrogen) atoms. The van der Waals surface area contributed by atoms with Crippen molar-refractivity contribution in [2.24, 2.45) is 4.99 Å². The van der Waals surface area contributed by atoms with Crippen LogP contribution in [0.25, 0.3) is 32.0 Å². The molecule has 0 aliphatic heterocycles. The third kappa shape index (κ3) is 3.98. The van der Waals surface area contributed by atoms with Gasteiger partial charge in [0.1, 0.15) is 11.1 Å². The number of halogens is 2. The van der Waals surface area contributed by atoms with Gasteiger partial charge in [0.15, 0.2) is 4.80 Å². The molecule has 2 aromatic heterocycles. The van der Waals surface area contributed by atoms with E-state index in [-0.39, 0.29) is 5.56 Å². The maximum atomic E-state index is 13.1. The van der Waals surface area contributed by atoms with Gasteiger partial charge in [-0.3, -0.25) is 4.79 Å². The monoisotopic (exact) mass is 498 g/mol. The van der Waals surface area contributed by atoms with Gasteiger partial charge in [-0.05, 0) is 35.0 Å². The lowest BCUT2D eigenvalue weighted by atomic mass is 10.0. The van der Waals surface area contributed by atoms with Crippen molar-refractivity contribution in [1.29, 1.82) is 0 Å². The summed E-state index contributed by atoms with van der Waals surface area (Å²) >= 11 is 13.8. The molecule has 5 aromatic rings. The van der Waals surface area contributed by atoms with Crippen LogP contribution in [0.4, 0.5) is 0 Å². The minimum absolute atomic E-state index is 0.140. The molecule has 0 aliphatic rings. The summed E-state index contributed by atoms with van der Waals surface area (Å²) in [5.41, 5.74) is 0.232. The third-order valence-electron chi connectivity index (χ3n) is 5.28. The highest BCUT2D eigenvalue weighted by Gasteiger charge is 2.17. The zero-order chi connectivity index (χ0) is 23.1. The fraction of sp³-hybridized carbons (Fsp3) is 0.125.